The molecule has 4 aliphatic rings. The molecule has 3 atom stereocenters. The van der Waals surface area contributed by atoms with E-state index in [0.29, 0.717) is 30.7 Å². The molecule has 0 unspecified atom stereocenters. The van der Waals surface area contributed by atoms with Gasteiger partial charge in [-0.05, 0) is 38.5 Å². The molecular formula is C24H28N2O8. The Morgan fingerprint density at radius 2 is 1.76 bits per heavy atom. The highest BCUT2D eigenvalue weighted by atomic mass is 16.6. The first kappa shape index (κ1) is 23.6. The van der Waals surface area contributed by atoms with E-state index in [4.69, 9.17) is 18.9 Å². The van der Waals surface area contributed by atoms with Gasteiger partial charge in [-0.15, -0.1) is 0 Å². The zero-order valence-electron chi connectivity index (χ0n) is 19.9. The second-order valence-corrected chi connectivity index (χ2v) is 8.88. The van der Waals surface area contributed by atoms with Crippen LogP contribution in [0.3, 0.4) is 0 Å². The van der Waals surface area contributed by atoms with Crippen LogP contribution in [0.5, 0.6) is 17.2 Å². The minimum atomic E-state index is -1.71. The molecule has 1 aromatic carbocycles. The molecule has 0 spiro atoms. The fourth-order valence-electron chi connectivity index (χ4n) is 5.17. The summed E-state index contributed by atoms with van der Waals surface area (Å²) in [5.41, 5.74) is -2.45. The monoisotopic (exact) mass is 472 g/mol. The maximum Gasteiger partial charge on any atom is 0.339 e. The van der Waals surface area contributed by atoms with Crippen LogP contribution in [0.2, 0.25) is 0 Å². The van der Waals surface area contributed by atoms with Crippen molar-refractivity contribution in [1.82, 2.24) is 10.2 Å². The van der Waals surface area contributed by atoms with E-state index >= 15 is 0 Å². The van der Waals surface area contributed by atoms with Crippen molar-refractivity contribution in [3.8, 4) is 17.2 Å². The number of hydrogen-bond acceptors (Lipinski definition) is 8. The van der Waals surface area contributed by atoms with E-state index in [0.717, 1.165) is 0 Å². The molecule has 1 aliphatic carbocycles. The molecule has 182 valence electrons. The molecule has 0 radical (unpaired) electrons. The zero-order chi connectivity index (χ0) is 24.8. The minimum absolute atomic E-state index is 0.104. The summed E-state index contributed by atoms with van der Waals surface area (Å²) in [6, 6.07) is 2.22. The van der Waals surface area contributed by atoms with Gasteiger partial charge in [-0.2, -0.15) is 0 Å². The fourth-order valence-corrected chi connectivity index (χ4v) is 5.17. The van der Waals surface area contributed by atoms with Crippen LogP contribution in [-0.2, 0) is 19.1 Å². The summed E-state index contributed by atoms with van der Waals surface area (Å²) in [4.78, 5) is 53.5. The van der Waals surface area contributed by atoms with Gasteiger partial charge in [0.25, 0.3) is 5.91 Å². The van der Waals surface area contributed by atoms with Crippen molar-refractivity contribution >= 4 is 23.6 Å². The van der Waals surface area contributed by atoms with Crippen LogP contribution in [0, 0.1) is 0 Å². The molecule has 2 amide bonds. The Morgan fingerprint density at radius 1 is 1.12 bits per heavy atom. The number of benzene rings is 1. The third-order valence-corrected chi connectivity index (χ3v) is 6.82. The Hall–Kier alpha value is -3.56. The Labute approximate surface area is 197 Å². The molecule has 3 heterocycles. The molecule has 1 aromatic rings. The van der Waals surface area contributed by atoms with Crippen LogP contribution < -0.4 is 19.5 Å². The summed E-state index contributed by atoms with van der Waals surface area (Å²) >= 11 is 0. The number of esters is 1. The standard InChI is InChI=1S/C24H28N2O8/c1-13(27)15-11-24(18(26-8-6-7-19(26)28)12-23(15,2)34-22(24)30)25-21(29)14-9-16(31-3)20(33-5)17(10-14)32-4/h9-11,18H,6-8,12H2,1-5H3,(H,25,29)/t18-,23+,24-/m1/s1. The van der Waals surface area contributed by atoms with Crippen LogP contribution in [0.1, 0.15) is 43.5 Å². The normalized spacial score (nSPS) is 27.7. The highest BCUT2D eigenvalue weighted by molar-refractivity contribution is 6.05. The van der Waals surface area contributed by atoms with Crippen molar-refractivity contribution in [2.45, 2.75) is 50.3 Å². The second-order valence-electron chi connectivity index (χ2n) is 8.88. The summed E-state index contributed by atoms with van der Waals surface area (Å²) in [5.74, 6) is -0.879. The van der Waals surface area contributed by atoms with Crippen LogP contribution in [0.4, 0.5) is 0 Å². The van der Waals surface area contributed by atoms with E-state index in [9.17, 15) is 19.2 Å². The predicted molar refractivity (Wildman–Crippen MR) is 119 cm³/mol. The largest absolute Gasteiger partial charge is 0.493 e. The zero-order valence-corrected chi connectivity index (χ0v) is 19.9. The van der Waals surface area contributed by atoms with Crippen molar-refractivity contribution in [3.63, 3.8) is 0 Å². The van der Waals surface area contributed by atoms with Gasteiger partial charge in [0.2, 0.25) is 11.7 Å². The van der Waals surface area contributed by atoms with E-state index in [1.54, 1.807) is 11.8 Å². The molecule has 2 fully saturated rings. The average molecular weight is 472 g/mol. The Morgan fingerprint density at radius 3 is 2.26 bits per heavy atom. The van der Waals surface area contributed by atoms with Gasteiger partial charge in [-0.25, -0.2) is 4.79 Å². The lowest BCUT2D eigenvalue weighted by atomic mass is 9.67. The number of ketones is 1. The molecule has 0 aromatic heterocycles. The predicted octanol–water partition coefficient (Wildman–Crippen LogP) is 1.41. The number of nitrogens with one attached hydrogen (secondary N) is 1. The third-order valence-electron chi connectivity index (χ3n) is 6.82. The van der Waals surface area contributed by atoms with Crippen LogP contribution in [0.15, 0.2) is 23.8 Å². The number of likely N-dealkylation sites (tertiary alicyclic amines) is 1. The van der Waals surface area contributed by atoms with E-state index in [1.165, 1.54) is 46.5 Å². The SMILES string of the molecule is COc1cc(C(=O)N[C@]23C=C(C(C)=O)[C@](C)(C[C@H]2N2CCCC2=O)OC3=O)cc(OC)c1OC. The number of Topliss-reactive ketones (excluding diaryl/α,β-unsaturated/α-hetero) is 1. The number of carbonyl (C=O) groups is 4. The number of ether oxygens (including phenoxy) is 4. The highest BCUT2D eigenvalue weighted by Gasteiger charge is 2.64. The van der Waals surface area contributed by atoms with Gasteiger partial charge in [0.15, 0.2) is 22.8 Å². The first-order valence-electron chi connectivity index (χ1n) is 11.0. The molecule has 1 N–H and O–H groups in total. The average Bonchev–Trinajstić information content (AvgIpc) is 3.23. The van der Waals surface area contributed by atoms with E-state index < -0.39 is 29.1 Å². The van der Waals surface area contributed by atoms with Crippen molar-refractivity contribution in [3.05, 3.63) is 29.3 Å². The Balaban J connectivity index is 1.81. The Kier molecular flexibility index (Phi) is 5.79. The summed E-state index contributed by atoms with van der Waals surface area (Å²) in [5, 5.41) is 2.79. The summed E-state index contributed by atoms with van der Waals surface area (Å²) in [6.07, 6.45) is 2.69. The molecule has 3 aliphatic heterocycles. The molecule has 0 saturated carbocycles. The Bertz CT molecular complexity index is 1090. The molecule has 2 saturated heterocycles. The number of rotatable bonds is 7. The minimum Gasteiger partial charge on any atom is -0.493 e. The summed E-state index contributed by atoms with van der Waals surface area (Å²) < 4.78 is 21.7. The van der Waals surface area contributed by atoms with Gasteiger partial charge in [-0.1, -0.05) is 0 Å². The van der Waals surface area contributed by atoms with E-state index in [-0.39, 0.29) is 35.2 Å². The van der Waals surface area contributed by atoms with Crippen LogP contribution in [0.25, 0.3) is 0 Å². The van der Waals surface area contributed by atoms with Crippen LogP contribution >= 0.6 is 0 Å². The molecular weight excluding hydrogens is 444 g/mol. The van der Waals surface area contributed by atoms with Gasteiger partial charge in [0, 0.05) is 30.5 Å². The first-order valence-corrected chi connectivity index (χ1v) is 11.0. The lowest BCUT2D eigenvalue weighted by molar-refractivity contribution is -0.181. The number of methoxy groups -OCH3 is 3. The smallest absolute Gasteiger partial charge is 0.339 e. The number of nitrogens with zero attached hydrogens (tertiary/aromatic N) is 1. The van der Waals surface area contributed by atoms with Crippen molar-refractivity contribution in [1.29, 1.82) is 0 Å². The van der Waals surface area contributed by atoms with Crippen molar-refractivity contribution in [2.75, 3.05) is 27.9 Å². The van der Waals surface area contributed by atoms with Gasteiger partial charge < -0.3 is 29.2 Å². The number of hydrogen-bond donors (Lipinski definition) is 1. The fraction of sp³-hybridized carbons (Fsp3) is 0.500. The van der Waals surface area contributed by atoms with Crippen molar-refractivity contribution in [2.24, 2.45) is 0 Å². The quantitative estimate of drug-likeness (QED) is 0.592. The van der Waals surface area contributed by atoms with Gasteiger partial charge >= 0.3 is 5.97 Å². The number of carbonyl (C=O) groups excluding carboxylic acids is 4. The number of amides is 2. The third kappa shape index (κ3) is 3.48. The first-order chi connectivity index (χ1) is 16.1. The molecule has 34 heavy (non-hydrogen) atoms. The van der Waals surface area contributed by atoms with Gasteiger partial charge in [-0.3, -0.25) is 14.4 Å². The number of fused-ring (bicyclic) bond motifs is 2. The highest BCUT2D eigenvalue weighted by Crippen LogP contribution is 2.47. The van der Waals surface area contributed by atoms with E-state index in [1.807, 2.05) is 0 Å². The summed E-state index contributed by atoms with van der Waals surface area (Å²) in [7, 11) is 4.30. The molecule has 5 rings (SSSR count). The molecule has 2 bridgehead atoms. The maximum absolute atomic E-state index is 13.5. The van der Waals surface area contributed by atoms with Crippen molar-refractivity contribution < 1.29 is 38.1 Å². The second kappa shape index (κ2) is 8.34. The topological polar surface area (TPSA) is 120 Å². The molecule has 10 heteroatoms. The van der Waals surface area contributed by atoms with Gasteiger partial charge in [0.1, 0.15) is 5.60 Å². The maximum atomic E-state index is 13.5. The van der Waals surface area contributed by atoms with Gasteiger partial charge in [0.05, 0.1) is 27.4 Å². The van der Waals surface area contributed by atoms with Crippen LogP contribution in [-0.4, -0.2) is 73.5 Å². The lowest BCUT2D eigenvalue weighted by Crippen LogP contribution is -2.75. The summed E-state index contributed by atoms with van der Waals surface area (Å²) in [6.45, 7) is 3.50. The lowest BCUT2D eigenvalue weighted by Gasteiger charge is -2.54. The molecule has 10 nitrogen and oxygen atoms in total. The van der Waals surface area contributed by atoms with E-state index in [2.05, 4.69) is 5.32 Å².